The molecule has 6 heteroatoms. The molecule has 0 saturated heterocycles. The van der Waals surface area contributed by atoms with Crippen molar-refractivity contribution in [2.45, 2.75) is 13.8 Å². The molecule has 2 N–H and O–H groups in total. The third-order valence-electron chi connectivity index (χ3n) is 4.05. The number of aromatic nitrogens is 2. The number of nitrogens with zero attached hydrogens (tertiary/aromatic N) is 3. The molecule has 0 atom stereocenters. The number of hydrogen-bond donors (Lipinski definition) is 2. The van der Waals surface area contributed by atoms with Crippen molar-refractivity contribution in [3.8, 4) is 6.07 Å². The summed E-state index contributed by atoms with van der Waals surface area (Å²) in [5, 5.41) is 15.0. The molecular formula is C20H17N5O. The van der Waals surface area contributed by atoms with Crippen molar-refractivity contribution in [1.82, 2.24) is 9.97 Å². The fourth-order valence-corrected chi connectivity index (χ4v) is 2.41. The van der Waals surface area contributed by atoms with Gasteiger partial charge in [-0.15, -0.1) is 0 Å². The van der Waals surface area contributed by atoms with Crippen LogP contribution in [0.1, 0.15) is 27.2 Å². The molecule has 3 rings (SSSR count). The van der Waals surface area contributed by atoms with Gasteiger partial charge in [0.2, 0.25) is 0 Å². The van der Waals surface area contributed by atoms with E-state index in [2.05, 4.69) is 26.7 Å². The van der Waals surface area contributed by atoms with Crippen molar-refractivity contribution < 1.29 is 4.79 Å². The lowest BCUT2D eigenvalue weighted by Gasteiger charge is -2.10. The van der Waals surface area contributed by atoms with Gasteiger partial charge in [-0.2, -0.15) is 5.26 Å². The zero-order valence-electron chi connectivity index (χ0n) is 14.4. The quantitative estimate of drug-likeness (QED) is 0.748. The van der Waals surface area contributed by atoms with Gasteiger partial charge in [-0.25, -0.2) is 9.97 Å². The summed E-state index contributed by atoms with van der Waals surface area (Å²) in [4.78, 5) is 20.7. The first-order valence-electron chi connectivity index (χ1n) is 8.04. The van der Waals surface area contributed by atoms with E-state index in [-0.39, 0.29) is 11.6 Å². The third kappa shape index (κ3) is 3.68. The Morgan fingerprint density at radius 2 is 1.77 bits per heavy atom. The van der Waals surface area contributed by atoms with E-state index in [0.29, 0.717) is 17.1 Å². The fourth-order valence-electron chi connectivity index (χ4n) is 2.41. The molecule has 1 aromatic heterocycles. The Morgan fingerprint density at radius 1 is 1.00 bits per heavy atom. The molecule has 128 valence electrons. The molecule has 1 heterocycles. The first kappa shape index (κ1) is 17.1. The van der Waals surface area contributed by atoms with E-state index in [1.807, 2.05) is 38.1 Å². The molecular weight excluding hydrogens is 326 g/mol. The minimum atomic E-state index is -0.324. The molecule has 3 aromatic rings. The van der Waals surface area contributed by atoms with Crippen LogP contribution < -0.4 is 10.6 Å². The monoisotopic (exact) mass is 343 g/mol. The molecule has 0 radical (unpaired) electrons. The Bertz CT molecular complexity index is 990. The molecule has 26 heavy (non-hydrogen) atoms. The number of para-hydroxylation sites is 1. The molecule has 0 saturated carbocycles. The molecule has 0 aliphatic carbocycles. The maximum absolute atomic E-state index is 12.4. The second kappa shape index (κ2) is 7.45. The van der Waals surface area contributed by atoms with Gasteiger partial charge < -0.3 is 10.6 Å². The van der Waals surface area contributed by atoms with Gasteiger partial charge >= 0.3 is 0 Å². The summed E-state index contributed by atoms with van der Waals surface area (Å²) in [6, 6.07) is 14.9. The highest BCUT2D eigenvalue weighted by atomic mass is 16.1. The summed E-state index contributed by atoms with van der Waals surface area (Å²) in [5.74, 6) is 0.131. The van der Waals surface area contributed by atoms with E-state index in [9.17, 15) is 4.79 Å². The number of carbonyl (C=O) groups excluding carboxylic acids is 1. The molecule has 6 nitrogen and oxygen atoms in total. The van der Waals surface area contributed by atoms with Crippen LogP contribution in [0.4, 0.5) is 17.2 Å². The number of hydrogen-bond acceptors (Lipinski definition) is 5. The number of nitriles is 1. The van der Waals surface area contributed by atoms with E-state index in [4.69, 9.17) is 5.26 Å². The van der Waals surface area contributed by atoms with E-state index in [1.54, 1.807) is 18.2 Å². The second-order valence-corrected chi connectivity index (χ2v) is 5.77. The van der Waals surface area contributed by atoms with Crippen LogP contribution in [-0.4, -0.2) is 15.9 Å². The Labute approximate surface area is 151 Å². The van der Waals surface area contributed by atoms with Gasteiger partial charge in [-0.3, -0.25) is 4.79 Å². The van der Waals surface area contributed by atoms with Crippen LogP contribution in [-0.2, 0) is 0 Å². The van der Waals surface area contributed by atoms with Crippen LogP contribution in [0.25, 0.3) is 0 Å². The van der Waals surface area contributed by atoms with E-state index in [0.717, 1.165) is 16.8 Å². The van der Waals surface area contributed by atoms with Crippen LogP contribution >= 0.6 is 0 Å². The largest absolute Gasteiger partial charge is 0.338 e. The van der Waals surface area contributed by atoms with E-state index >= 15 is 0 Å². The first-order valence-corrected chi connectivity index (χ1v) is 8.04. The summed E-state index contributed by atoms with van der Waals surface area (Å²) in [5.41, 5.74) is 4.22. The number of nitrogens with one attached hydrogen (secondary N) is 2. The van der Waals surface area contributed by atoms with Crippen molar-refractivity contribution in [1.29, 1.82) is 5.26 Å². The van der Waals surface area contributed by atoms with Gasteiger partial charge in [0.1, 0.15) is 17.6 Å². The minimum absolute atomic E-state index is 0.213. The Balaban J connectivity index is 1.74. The summed E-state index contributed by atoms with van der Waals surface area (Å²) in [6.07, 6.45) is 2.87. The molecule has 0 aliphatic rings. The topological polar surface area (TPSA) is 90.7 Å². The van der Waals surface area contributed by atoms with Crippen LogP contribution in [0.3, 0.4) is 0 Å². The van der Waals surface area contributed by atoms with Gasteiger partial charge in [0.15, 0.2) is 0 Å². The Hall–Kier alpha value is -3.72. The van der Waals surface area contributed by atoms with Gasteiger partial charge in [0, 0.05) is 5.69 Å². The van der Waals surface area contributed by atoms with Gasteiger partial charge in [0.25, 0.3) is 5.91 Å². The summed E-state index contributed by atoms with van der Waals surface area (Å²) in [6.45, 7) is 3.95. The average Bonchev–Trinajstić information content (AvgIpc) is 2.66. The van der Waals surface area contributed by atoms with Crippen LogP contribution in [0.5, 0.6) is 0 Å². The summed E-state index contributed by atoms with van der Waals surface area (Å²) in [7, 11) is 0. The average molecular weight is 343 g/mol. The number of benzene rings is 2. The maximum atomic E-state index is 12.4. The Kier molecular flexibility index (Phi) is 4.90. The molecule has 2 aromatic carbocycles. The van der Waals surface area contributed by atoms with Gasteiger partial charge in [0.05, 0.1) is 23.6 Å². The maximum Gasteiger partial charge on any atom is 0.275 e. The third-order valence-corrected chi connectivity index (χ3v) is 4.05. The first-order chi connectivity index (χ1) is 12.6. The predicted molar refractivity (Wildman–Crippen MR) is 100 cm³/mol. The highest BCUT2D eigenvalue weighted by molar-refractivity contribution is 6.03. The normalized spacial score (nSPS) is 10.0. The molecule has 0 fully saturated rings. The summed E-state index contributed by atoms with van der Waals surface area (Å²) >= 11 is 0. The van der Waals surface area contributed by atoms with Gasteiger partial charge in [-0.1, -0.05) is 24.3 Å². The van der Waals surface area contributed by atoms with E-state index in [1.165, 1.54) is 12.4 Å². The highest BCUT2D eigenvalue weighted by Crippen LogP contribution is 2.20. The van der Waals surface area contributed by atoms with Crippen molar-refractivity contribution in [2.75, 3.05) is 10.6 Å². The zero-order chi connectivity index (χ0) is 18.5. The van der Waals surface area contributed by atoms with Crippen molar-refractivity contribution in [2.24, 2.45) is 0 Å². The lowest BCUT2D eigenvalue weighted by molar-refractivity contribution is 0.102. The smallest absolute Gasteiger partial charge is 0.275 e. The minimum Gasteiger partial charge on any atom is -0.338 e. The number of rotatable bonds is 4. The number of carbonyl (C=O) groups is 1. The molecule has 0 unspecified atom stereocenters. The van der Waals surface area contributed by atoms with Crippen molar-refractivity contribution in [3.05, 3.63) is 77.2 Å². The SMILES string of the molecule is Cc1cccc(NC(=O)c2cnc(Nc3ccccc3C#N)cn2)c1C. The fraction of sp³-hybridized carbons (Fsp3) is 0.100. The number of aryl methyl sites for hydroxylation is 1. The number of anilines is 3. The van der Waals surface area contributed by atoms with Crippen LogP contribution in [0.15, 0.2) is 54.9 Å². The zero-order valence-corrected chi connectivity index (χ0v) is 14.4. The second-order valence-electron chi connectivity index (χ2n) is 5.77. The van der Waals surface area contributed by atoms with Crippen molar-refractivity contribution in [3.63, 3.8) is 0 Å². The number of amides is 1. The standard InChI is InChI=1S/C20H17N5O/c1-13-6-5-9-16(14(13)2)25-20(26)18-11-23-19(12-22-18)24-17-8-4-3-7-15(17)10-21/h3-9,11-12H,1-2H3,(H,23,24)(H,25,26). The molecule has 0 bridgehead atoms. The lowest BCUT2D eigenvalue weighted by Crippen LogP contribution is -2.15. The van der Waals surface area contributed by atoms with Gasteiger partial charge in [-0.05, 0) is 43.2 Å². The van der Waals surface area contributed by atoms with Crippen LogP contribution in [0.2, 0.25) is 0 Å². The molecule has 0 spiro atoms. The van der Waals surface area contributed by atoms with E-state index < -0.39 is 0 Å². The van der Waals surface area contributed by atoms with Crippen LogP contribution in [0, 0.1) is 25.2 Å². The molecule has 1 amide bonds. The lowest BCUT2D eigenvalue weighted by atomic mass is 10.1. The highest BCUT2D eigenvalue weighted by Gasteiger charge is 2.11. The summed E-state index contributed by atoms with van der Waals surface area (Å²) < 4.78 is 0. The van der Waals surface area contributed by atoms with Crippen molar-refractivity contribution >= 4 is 23.1 Å². The predicted octanol–water partition coefficient (Wildman–Crippen LogP) is 3.96. The molecule has 0 aliphatic heterocycles. The Morgan fingerprint density at radius 3 is 2.50 bits per heavy atom.